The lowest BCUT2D eigenvalue weighted by atomic mass is 10.1. The molecular formula is C20H30N6. The molecule has 1 aromatic heterocycles. The molecule has 0 radical (unpaired) electrons. The van der Waals surface area contributed by atoms with Gasteiger partial charge in [0.15, 0.2) is 5.96 Å². The third-order valence-corrected chi connectivity index (χ3v) is 5.12. The van der Waals surface area contributed by atoms with Crippen LogP contribution in [0.25, 0.3) is 0 Å². The monoisotopic (exact) mass is 354 g/mol. The van der Waals surface area contributed by atoms with E-state index in [0.29, 0.717) is 18.5 Å². The molecule has 3 N–H and O–H groups in total. The van der Waals surface area contributed by atoms with Gasteiger partial charge in [0.25, 0.3) is 0 Å². The van der Waals surface area contributed by atoms with Crippen molar-refractivity contribution < 1.29 is 0 Å². The first-order chi connectivity index (χ1) is 12.7. The van der Waals surface area contributed by atoms with Crippen LogP contribution in [-0.2, 0) is 13.1 Å². The molecule has 1 aliphatic heterocycles. The van der Waals surface area contributed by atoms with E-state index in [1.807, 2.05) is 19.3 Å². The van der Waals surface area contributed by atoms with Gasteiger partial charge in [0.2, 0.25) is 0 Å². The van der Waals surface area contributed by atoms with Gasteiger partial charge in [0.1, 0.15) is 5.82 Å². The van der Waals surface area contributed by atoms with Gasteiger partial charge in [-0.25, -0.2) is 9.98 Å². The lowest BCUT2D eigenvalue weighted by Crippen LogP contribution is -2.42. The maximum atomic E-state index is 6.06. The van der Waals surface area contributed by atoms with E-state index in [-0.39, 0.29) is 0 Å². The number of imidazole rings is 1. The number of likely N-dealkylation sites (N-methyl/N-ethyl adjacent to an activating group) is 1. The summed E-state index contributed by atoms with van der Waals surface area (Å²) in [5.41, 5.74) is 8.48. The summed E-state index contributed by atoms with van der Waals surface area (Å²) in [6.07, 6.45) is 6.36. The summed E-state index contributed by atoms with van der Waals surface area (Å²) in [6.45, 7) is 8.83. The molecule has 140 valence electrons. The molecule has 3 rings (SSSR count). The Bertz CT molecular complexity index is 735. The average Bonchev–Trinajstić information content (AvgIpc) is 3.27. The first-order valence-corrected chi connectivity index (χ1v) is 9.49. The Hall–Kier alpha value is -2.34. The minimum absolute atomic E-state index is 0.531. The van der Waals surface area contributed by atoms with E-state index in [1.165, 1.54) is 30.5 Å². The van der Waals surface area contributed by atoms with E-state index in [1.54, 1.807) is 0 Å². The molecule has 1 fully saturated rings. The number of aromatic nitrogens is 2. The molecule has 1 aliphatic rings. The Morgan fingerprint density at radius 2 is 2.23 bits per heavy atom. The molecule has 2 aromatic rings. The summed E-state index contributed by atoms with van der Waals surface area (Å²) in [6, 6.07) is 9.07. The first-order valence-electron chi connectivity index (χ1n) is 9.49. The van der Waals surface area contributed by atoms with Gasteiger partial charge in [-0.2, -0.15) is 0 Å². The highest BCUT2D eigenvalue weighted by atomic mass is 15.2. The van der Waals surface area contributed by atoms with Crippen molar-refractivity contribution in [2.24, 2.45) is 10.7 Å². The van der Waals surface area contributed by atoms with Gasteiger partial charge in [0.05, 0.1) is 6.54 Å². The summed E-state index contributed by atoms with van der Waals surface area (Å²) >= 11 is 0. The number of aliphatic imine (C=N–C) groups is 1. The van der Waals surface area contributed by atoms with Crippen molar-refractivity contribution in [3.05, 3.63) is 53.6 Å². The normalized spacial score (nSPS) is 18.4. The van der Waals surface area contributed by atoms with Crippen molar-refractivity contribution in [2.45, 2.75) is 45.8 Å². The number of nitrogens with zero attached hydrogens (tertiary/aromatic N) is 4. The maximum absolute atomic E-state index is 6.06. The number of hydrogen-bond donors (Lipinski definition) is 2. The molecule has 0 aliphatic carbocycles. The number of nitrogens with two attached hydrogens (primary N) is 1. The molecule has 0 spiro atoms. The first kappa shape index (κ1) is 18.5. The minimum Gasteiger partial charge on any atom is -0.370 e. The van der Waals surface area contributed by atoms with Crippen LogP contribution < -0.4 is 11.1 Å². The molecule has 26 heavy (non-hydrogen) atoms. The molecule has 1 saturated heterocycles. The van der Waals surface area contributed by atoms with E-state index in [9.17, 15) is 0 Å². The van der Waals surface area contributed by atoms with Crippen LogP contribution in [0.3, 0.4) is 0 Å². The summed E-state index contributed by atoms with van der Waals surface area (Å²) in [5.74, 6) is 1.55. The molecule has 0 saturated carbocycles. The number of likely N-dealkylation sites (tertiary alicyclic amines) is 1. The number of benzene rings is 1. The Morgan fingerprint density at radius 3 is 3.00 bits per heavy atom. The predicted molar refractivity (Wildman–Crippen MR) is 106 cm³/mol. The van der Waals surface area contributed by atoms with E-state index >= 15 is 0 Å². The summed E-state index contributed by atoms with van der Waals surface area (Å²) in [4.78, 5) is 11.3. The third kappa shape index (κ3) is 4.85. The van der Waals surface area contributed by atoms with Crippen LogP contribution >= 0.6 is 0 Å². The fourth-order valence-electron chi connectivity index (χ4n) is 3.59. The quantitative estimate of drug-likeness (QED) is 0.590. The Balaban J connectivity index is 1.52. The average molecular weight is 355 g/mol. The smallest absolute Gasteiger partial charge is 0.188 e. The van der Waals surface area contributed by atoms with Gasteiger partial charge in [-0.05, 0) is 44.0 Å². The topological polar surface area (TPSA) is 71.5 Å². The lowest BCUT2D eigenvalue weighted by Gasteiger charge is -2.23. The molecule has 0 bridgehead atoms. The second-order valence-electron chi connectivity index (χ2n) is 6.93. The predicted octanol–water partition coefficient (Wildman–Crippen LogP) is 2.13. The van der Waals surface area contributed by atoms with E-state index in [0.717, 1.165) is 25.5 Å². The molecule has 1 unspecified atom stereocenters. The van der Waals surface area contributed by atoms with Crippen LogP contribution in [-0.4, -0.2) is 46.1 Å². The van der Waals surface area contributed by atoms with Crippen molar-refractivity contribution in [1.82, 2.24) is 19.8 Å². The highest BCUT2D eigenvalue weighted by molar-refractivity contribution is 5.77. The van der Waals surface area contributed by atoms with Crippen molar-refractivity contribution in [1.29, 1.82) is 0 Å². The lowest BCUT2D eigenvalue weighted by molar-refractivity contribution is 0.267. The number of nitrogens with one attached hydrogen (secondary N) is 1. The van der Waals surface area contributed by atoms with Crippen LogP contribution in [0.4, 0.5) is 0 Å². The molecule has 1 atom stereocenters. The zero-order valence-electron chi connectivity index (χ0n) is 15.9. The second-order valence-corrected chi connectivity index (χ2v) is 6.93. The van der Waals surface area contributed by atoms with E-state index < -0.39 is 0 Å². The van der Waals surface area contributed by atoms with Crippen LogP contribution in [0.2, 0.25) is 0 Å². The van der Waals surface area contributed by atoms with Gasteiger partial charge in [-0.15, -0.1) is 0 Å². The second kappa shape index (κ2) is 8.85. The van der Waals surface area contributed by atoms with E-state index in [2.05, 4.69) is 55.9 Å². The highest BCUT2D eigenvalue weighted by Crippen LogP contribution is 2.15. The fraction of sp³-hybridized carbons (Fsp3) is 0.500. The Labute approximate surface area is 156 Å². The minimum atomic E-state index is 0.531. The van der Waals surface area contributed by atoms with Crippen molar-refractivity contribution in [3.8, 4) is 0 Å². The molecule has 2 heterocycles. The number of rotatable bonds is 7. The van der Waals surface area contributed by atoms with Crippen molar-refractivity contribution in [2.75, 3.05) is 19.6 Å². The fourth-order valence-corrected chi connectivity index (χ4v) is 3.59. The molecule has 6 nitrogen and oxygen atoms in total. The van der Waals surface area contributed by atoms with Gasteiger partial charge in [-0.1, -0.05) is 31.2 Å². The highest BCUT2D eigenvalue weighted by Gasteiger charge is 2.22. The van der Waals surface area contributed by atoms with Crippen LogP contribution in [0.5, 0.6) is 0 Å². The molecule has 0 amide bonds. The zero-order valence-corrected chi connectivity index (χ0v) is 15.9. The zero-order chi connectivity index (χ0) is 18.4. The maximum Gasteiger partial charge on any atom is 0.188 e. The number of hydrogen-bond acceptors (Lipinski definition) is 3. The van der Waals surface area contributed by atoms with Crippen molar-refractivity contribution in [3.63, 3.8) is 0 Å². The summed E-state index contributed by atoms with van der Waals surface area (Å²) in [5, 5.41) is 3.29. The van der Waals surface area contributed by atoms with Gasteiger partial charge >= 0.3 is 0 Å². The SMILES string of the molecule is CCN1CCCC1CNC(N)=NCc1cccc(Cn2ccnc2C)c1. The van der Waals surface area contributed by atoms with Crippen LogP contribution in [0.15, 0.2) is 41.7 Å². The standard InChI is InChI=1S/C20H30N6/c1-3-25-10-5-8-19(25)14-24-20(21)23-13-17-6-4-7-18(12-17)15-26-11-9-22-16(26)2/h4,6-7,9,11-12,19H,3,5,8,10,13-15H2,1-2H3,(H3,21,23,24). The van der Waals surface area contributed by atoms with Gasteiger partial charge < -0.3 is 15.6 Å². The number of aryl methyl sites for hydroxylation is 1. The van der Waals surface area contributed by atoms with E-state index in [4.69, 9.17) is 5.73 Å². The third-order valence-electron chi connectivity index (χ3n) is 5.12. The Morgan fingerprint density at radius 1 is 1.38 bits per heavy atom. The number of guanidine groups is 1. The van der Waals surface area contributed by atoms with Crippen LogP contribution in [0, 0.1) is 6.92 Å². The van der Waals surface area contributed by atoms with Gasteiger partial charge in [0, 0.05) is 31.5 Å². The summed E-state index contributed by atoms with van der Waals surface area (Å²) < 4.78 is 2.14. The van der Waals surface area contributed by atoms with Crippen molar-refractivity contribution >= 4 is 5.96 Å². The molecular weight excluding hydrogens is 324 g/mol. The largest absolute Gasteiger partial charge is 0.370 e. The molecule has 6 heteroatoms. The molecule has 1 aromatic carbocycles. The summed E-state index contributed by atoms with van der Waals surface area (Å²) in [7, 11) is 0. The van der Waals surface area contributed by atoms with Gasteiger partial charge in [-0.3, -0.25) is 4.90 Å². The Kier molecular flexibility index (Phi) is 6.28. The van der Waals surface area contributed by atoms with Crippen LogP contribution in [0.1, 0.15) is 36.7 Å².